The van der Waals surface area contributed by atoms with Crippen molar-refractivity contribution in [3.05, 3.63) is 17.7 Å². The molecule has 118 valence electrons. The Kier molecular flexibility index (Phi) is 5.97. The first-order chi connectivity index (χ1) is 10.1. The first kappa shape index (κ1) is 16.2. The Morgan fingerprint density at radius 1 is 1.38 bits per heavy atom. The minimum Gasteiger partial charge on any atom is -0.372 e. The molecule has 0 aliphatic heterocycles. The molecule has 4 nitrogen and oxygen atoms in total. The molecule has 1 fully saturated rings. The second-order valence-electron chi connectivity index (χ2n) is 6.57. The normalized spacial score (nSPS) is 15.3. The van der Waals surface area contributed by atoms with Gasteiger partial charge in [-0.3, -0.25) is 0 Å². The van der Waals surface area contributed by atoms with Crippen molar-refractivity contribution in [3.63, 3.8) is 0 Å². The molecule has 0 unspecified atom stereocenters. The summed E-state index contributed by atoms with van der Waals surface area (Å²) in [6, 6.07) is 0. The van der Waals surface area contributed by atoms with E-state index in [1.807, 2.05) is 6.20 Å². The predicted octanol–water partition coefficient (Wildman–Crippen LogP) is 3.34. The number of rotatable bonds is 8. The summed E-state index contributed by atoms with van der Waals surface area (Å²) in [6.07, 6.45) is 7.31. The SMILES string of the molecule is CCCNCc1nc(C(C)C)ncc1N(C)CC1CCC1. The van der Waals surface area contributed by atoms with Gasteiger partial charge in [-0.05, 0) is 31.7 Å². The Labute approximate surface area is 129 Å². The van der Waals surface area contributed by atoms with Gasteiger partial charge in [0.05, 0.1) is 17.6 Å². The molecule has 0 atom stereocenters. The fourth-order valence-corrected chi connectivity index (χ4v) is 2.70. The van der Waals surface area contributed by atoms with Crippen molar-refractivity contribution in [3.8, 4) is 0 Å². The van der Waals surface area contributed by atoms with E-state index in [-0.39, 0.29) is 0 Å². The van der Waals surface area contributed by atoms with Crippen LogP contribution in [0.1, 0.15) is 63.9 Å². The van der Waals surface area contributed by atoms with E-state index in [0.717, 1.165) is 43.5 Å². The minimum absolute atomic E-state index is 0.376. The van der Waals surface area contributed by atoms with Gasteiger partial charge in [-0.25, -0.2) is 9.97 Å². The van der Waals surface area contributed by atoms with E-state index < -0.39 is 0 Å². The Morgan fingerprint density at radius 2 is 2.14 bits per heavy atom. The van der Waals surface area contributed by atoms with Crippen molar-refractivity contribution in [2.45, 2.75) is 58.9 Å². The number of nitrogens with one attached hydrogen (secondary N) is 1. The van der Waals surface area contributed by atoms with Crippen LogP contribution in [0.2, 0.25) is 0 Å². The molecule has 1 aliphatic carbocycles. The standard InChI is InChI=1S/C17H30N4/c1-5-9-18-10-15-16(11-19-17(20-15)13(2)3)21(4)12-14-7-6-8-14/h11,13-14,18H,5-10,12H2,1-4H3. The summed E-state index contributed by atoms with van der Waals surface area (Å²) >= 11 is 0. The lowest BCUT2D eigenvalue weighted by Gasteiger charge is -2.32. The lowest BCUT2D eigenvalue weighted by Crippen LogP contribution is -2.31. The molecule has 1 aliphatic rings. The van der Waals surface area contributed by atoms with Gasteiger partial charge in [0.15, 0.2) is 0 Å². The highest BCUT2D eigenvalue weighted by Gasteiger charge is 2.21. The monoisotopic (exact) mass is 290 g/mol. The fraction of sp³-hybridized carbons (Fsp3) is 0.765. The van der Waals surface area contributed by atoms with Crippen LogP contribution in [0.25, 0.3) is 0 Å². The van der Waals surface area contributed by atoms with Gasteiger partial charge in [-0.15, -0.1) is 0 Å². The van der Waals surface area contributed by atoms with Crippen molar-refractivity contribution < 1.29 is 0 Å². The summed E-state index contributed by atoms with van der Waals surface area (Å²) in [5.41, 5.74) is 2.33. The number of hydrogen-bond acceptors (Lipinski definition) is 4. The van der Waals surface area contributed by atoms with Crippen molar-refractivity contribution in [1.29, 1.82) is 0 Å². The highest BCUT2D eigenvalue weighted by Crippen LogP contribution is 2.29. The summed E-state index contributed by atoms with van der Waals surface area (Å²) in [4.78, 5) is 11.7. The topological polar surface area (TPSA) is 41.1 Å². The number of hydrogen-bond donors (Lipinski definition) is 1. The van der Waals surface area contributed by atoms with Gasteiger partial charge < -0.3 is 10.2 Å². The van der Waals surface area contributed by atoms with Gasteiger partial charge in [0, 0.05) is 26.1 Å². The Bertz CT molecular complexity index is 440. The average Bonchev–Trinajstić information content (AvgIpc) is 2.42. The Hall–Kier alpha value is -1.16. The second kappa shape index (κ2) is 7.74. The molecular formula is C17H30N4. The van der Waals surface area contributed by atoms with Gasteiger partial charge in [-0.2, -0.15) is 0 Å². The maximum atomic E-state index is 4.80. The molecule has 0 aromatic carbocycles. The van der Waals surface area contributed by atoms with Crippen molar-refractivity contribution in [2.75, 3.05) is 25.0 Å². The average molecular weight is 290 g/mol. The van der Waals surface area contributed by atoms with E-state index in [9.17, 15) is 0 Å². The smallest absolute Gasteiger partial charge is 0.131 e. The summed E-state index contributed by atoms with van der Waals surface area (Å²) in [7, 11) is 2.18. The summed E-state index contributed by atoms with van der Waals surface area (Å²) in [6.45, 7) is 9.49. The second-order valence-corrected chi connectivity index (χ2v) is 6.57. The van der Waals surface area contributed by atoms with Crippen molar-refractivity contribution >= 4 is 5.69 Å². The van der Waals surface area contributed by atoms with Crippen LogP contribution in [0, 0.1) is 5.92 Å². The summed E-state index contributed by atoms with van der Waals surface area (Å²) in [5, 5.41) is 3.48. The van der Waals surface area contributed by atoms with Crippen LogP contribution in [0.4, 0.5) is 5.69 Å². The maximum Gasteiger partial charge on any atom is 0.131 e. The molecule has 1 aromatic rings. The van der Waals surface area contributed by atoms with Gasteiger partial charge >= 0.3 is 0 Å². The zero-order valence-corrected chi connectivity index (χ0v) is 14.0. The molecule has 4 heteroatoms. The lowest BCUT2D eigenvalue weighted by atomic mass is 9.85. The third-order valence-corrected chi connectivity index (χ3v) is 4.27. The van der Waals surface area contributed by atoms with Crippen LogP contribution in [-0.2, 0) is 6.54 Å². The first-order valence-corrected chi connectivity index (χ1v) is 8.39. The Balaban J connectivity index is 2.12. The van der Waals surface area contributed by atoms with Gasteiger partial charge in [0.2, 0.25) is 0 Å². The molecule has 1 N–H and O–H groups in total. The predicted molar refractivity (Wildman–Crippen MR) is 88.7 cm³/mol. The number of aromatic nitrogens is 2. The van der Waals surface area contributed by atoms with Crippen LogP contribution >= 0.6 is 0 Å². The quantitative estimate of drug-likeness (QED) is 0.746. The molecule has 0 saturated heterocycles. The molecule has 1 aromatic heterocycles. The maximum absolute atomic E-state index is 4.80. The van der Waals surface area contributed by atoms with Crippen LogP contribution in [0.5, 0.6) is 0 Å². The van der Waals surface area contributed by atoms with Crippen molar-refractivity contribution in [2.24, 2.45) is 5.92 Å². The summed E-state index contributed by atoms with van der Waals surface area (Å²) < 4.78 is 0. The molecule has 2 rings (SSSR count). The zero-order chi connectivity index (χ0) is 15.2. The lowest BCUT2D eigenvalue weighted by molar-refractivity contribution is 0.321. The molecule has 21 heavy (non-hydrogen) atoms. The Morgan fingerprint density at radius 3 is 2.71 bits per heavy atom. The summed E-state index contributed by atoms with van der Waals surface area (Å²) in [5.74, 6) is 2.18. The van der Waals surface area contributed by atoms with E-state index in [2.05, 4.69) is 43.0 Å². The zero-order valence-electron chi connectivity index (χ0n) is 14.0. The van der Waals surface area contributed by atoms with E-state index in [4.69, 9.17) is 4.98 Å². The number of anilines is 1. The van der Waals surface area contributed by atoms with Crippen molar-refractivity contribution in [1.82, 2.24) is 15.3 Å². The van der Waals surface area contributed by atoms with Gasteiger partial charge in [0.1, 0.15) is 5.82 Å². The fourth-order valence-electron chi connectivity index (χ4n) is 2.70. The molecule has 0 spiro atoms. The molecule has 0 amide bonds. The van der Waals surface area contributed by atoms with E-state index >= 15 is 0 Å². The van der Waals surface area contributed by atoms with Gasteiger partial charge in [0.25, 0.3) is 0 Å². The molecule has 1 heterocycles. The van der Waals surface area contributed by atoms with Crippen LogP contribution in [0.3, 0.4) is 0 Å². The molecular weight excluding hydrogens is 260 g/mol. The highest BCUT2D eigenvalue weighted by atomic mass is 15.1. The molecule has 0 radical (unpaired) electrons. The third kappa shape index (κ3) is 4.40. The number of nitrogens with zero attached hydrogens (tertiary/aromatic N) is 3. The minimum atomic E-state index is 0.376. The molecule has 1 saturated carbocycles. The largest absolute Gasteiger partial charge is 0.372 e. The van der Waals surface area contributed by atoms with Gasteiger partial charge in [-0.1, -0.05) is 27.2 Å². The van der Waals surface area contributed by atoms with E-state index in [1.165, 1.54) is 24.9 Å². The van der Waals surface area contributed by atoms with Crippen LogP contribution in [-0.4, -0.2) is 30.1 Å². The highest BCUT2D eigenvalue weighted by molar-refractivity contribution is 5.48. The van der Waals surface area contributed by atoms with Crippen LogP contribution in [0.15, 0.2) is 6.20 Å². The third-order valence-electron chi connectivity index (χ3n) is 4.27. The first-order valence-electron chi connectivity index (χ1n) is 8.39. The molecule has 0 bridgehead atoms. The van der Waals surface area contributed by atoms with E-state index in [0.29, 0.717) is 5.92 Å². The van der Waals surface area contributed by atoms with Crippen LogP contribution < -0.4 is 10.2 Å². The van der Waals surface area contributed by atoms with E-state index in [1.54, 1.807) is 0 Å².